The summed E-state index contributed by atoms with van der Waals surface area (Å²) in [6, 6.07) is 9.51. The van der Waals surface area contributed by atoms with Crippen LogP contribution in [0.3, 0.4) is 0 Å². The number of hydrogen-bond donors (Lipinski definition) is 0. The molecular formula is C18H20N4O2. The molecule has 0 amide bonds. The summed E-state index contributed by atoms with van der Waals surface area (Å²) in [4.78, 5) is 23.5. The minimum atomic E-state index is -1.07. The summed E-state index contributed by atoms with van der Waals surface area (Å²) >= 11 is 0. The van der Waals surface area contributed by atoms with Crippen molar-refractivity contribution in [3.05, 3.63) is 30.0 Å². The van der Waals surface area contributed by atoms with Crippen LogP contribution in [-0.2, 0) is 9.53 Å². The highest BCUT2D eigenvalue weighted by Crippen LogP contribution is 2.30. The summed E-state index contributed by atoms with van der Waals surface area (Å²) < 4.78 is 4.79. The van der Waals surface area contributed by atoms with Gasteiger partial charge in [-0.3, -0.25) is 4.79 Å². The predicted molar refractivity (Wildman–Crippen MR) is 90.5 cm³/mol. The number of anilines is 1. The summed E-state index contributed by atoms with van der Waals surface area (Å²) in [5.41, 5.74) is 1.82. The first-order valence-corrected chi connectivity index (χ1v) is 8.13. The molecular weight excluding hydrogens is 304 g/mol. The van der Waals surface area contributed by atoms with E-state index < -0.39 is 11.9 Å². The van der Waals surface area contributed by atoms with Crippen molar-refractivity contribution in [1.29, 1.82) is 5.26 Å². The zero-order valence-corrected chi connectivity index (χ0v) is 13.9. The van der Waals surface area contributed by atoms with Crippen LogP contribution in [0.5, 0.6) is 0 Å². The van der Waals surface area contributed by atoms with Gasteiger partial charge in [-0.05, 0) is 30.9 Å². The number of methoxy groups -OCH3 is 1. The molecule has 1 fully saturated rings. The second kappa shape index (κ2) is 6.83. The van der Waals surface area contributed by atoms with E-state index in [1.807, 2.05) is 30.3 Å². The van der Waals surface area contributed by atoms with Crippen LogP contribution in [0.4, 0.5) is 5.82 Å². The molecule has 0 radical (unpaired) electrons. The van der Waals surface area contributed by atoms with Crippen LogP contribution in [0, 0.1) is 17.2 Å². The average Bonchev–Trinajstić information content (AvgIpc) is 2.61. The third-order valence-electron chi connectivity index (χ3n) is 4.37. The number of esters is 1. The average molecular weight is 324 g/mol. The van der Waals surface area contributed by atoms with Crippen molar-refractivity contribution < 1.29 is 9.53 Å². The molecule has 6 nitrogen and oxygen atoms in total. The number of carbonyl (C=O) groups excluding carboxylic acids is 1. The van der Waals surface area contributed by atoms with Crippen molar-refractivity contribution in [1.82, 2.24) is 9.97 Å². The monoisotopic (exact) mass is 324 g/mol. The Hall–Kier alpha value is -2.68. The molecule has 2 aromatic rings. The van der Waals surface area contributed by atoms with Gasteiger partial charge in [-0.2, -0.15) is 5.26 Å². The fourth-order valence-electron chi connectivity index (χ4n) is 3.16. The highest BCUT2D eigenvalue weighted by Gasteiger charge is 2.30. The van der Waals surface area contributed by atoms with Crippen LogP contribution in [0.1, 0.15) is 31.4 Å². The van der Waals surface area contributed by atoms with Gasteiger partial charge in [-0.1, -0.05) is 19.1 Å². The Morgan fingerprint density at radius 1 is 1.38 bits per heavy atom. The quantitative estimate of drug-likeness (QED) is 0.808. The van der Waals surface area contributed by atoms with Gasteiger partial charge < -0.3 is 9.64 Å². The number of aromatic nitrogens is 2. The van der Waals surface area contributed by atoms with Gasteiger partial charge in [0.1, 0.15) is 5.69 Å². The number of nitriles is 1. The Morgan fingerprint density at radius 3 is 2.71 bits per heavy atom. The van der Waals surface area contributed by atoms with Crippen molar-refractivity contribution in [3.8, 4) is 6.07 Å². The van der Waals surface area contributed by atoms with E-state index in [1.54, 1.807) is 0 Å². The molecule has 1 aromatic carbocycles. The lowest BCUT2D eigenvalue weighted by Crippen LogP contribution is -2.36. The van der Waals surface area contributed by atoms with Crippen molar-refractivity contribution in [2.24, 2.45) is 5.92 Å². The molecule has 6 heteroatoms. The molecule has 0 unspecified atom stereocenters. The molecule has 124 valence electrons. The molecule has 0 aliphatic carbocycles. The van der Waals surface area contributed by atoms with Gasteiger partial charge >= 0.3 is 5.97 Å². The van der Waals surface area contributed by atoms with Gasteiger partial charge in [0.15, 0.2) is 11.7 Å². The molecule has 1 aliphatic rings. The number of rotatable bonds is 3. The lowest BCUT2D eigenvalue weighted by Gasteiger charge is -2.33. The van der Waals surface area contributed by atoms with E-state index in [0.717, 1.165) is 25.0 Å². The Labute approximate surface area is 141 Å². The first-order chi connectivity index (χ1) is 11.6. The van der Waals surface area contributed by atoms with E-state index in [-0.39, 0.29) is 0 Å². The summed E-state index contributed by atoms with van der Waals surface area (Å²) in [5, 5.41) is 9.49. The number of benzene rings is 1. The summed E-state index contributed by atoms with van der Waals surface area (Å²) in [5.74, 6) is -0.511. The standard InChI is InChI=1S/C18H20N4O2/c1-12-6-5-9-22(11-12)17-16(13(10-19)18(23)24-2)20-14-7-3-4-8-15(14)21-17/h3-4,7-8,12-13H,5-6,9,11H2,1-2H3/t12-,13+/m0/s1. The van der Waals surface area contributed by atoms with Gasteiger partial charge in [0.05, 0.1) is 24.2 Å². The normalized spacial score (nSPS) is 18.9. The highest BCUT2D eigenvalue weighted by atomic mass is 16.5. The van der Waals surface area contributed by atoms with E-state index in [9.17, 15) is 10.1 Å². The number of ether oxygens (including phenoxy) is 1. The van der Waals surface area contributed by atoms with Crippen LogP contribution in [0.2, 0.25) is 0 Å². The topological polar surface area (TPSA) is 79.1 Å². The first-order valence-electron chi connectivity index (χ1n) is 8.13. The van der Waals surface area contributed by atoms with Gasteiger partial charge in [0, 0.05) is 13.1 Å². The highest BCUT2D eigenvalue weighted by molar-refractivity contribution is 5.85. The third kappa shape index (κ3) is 3.02. The largest absolute Gasteiger partial charge is 0.468 e. The fraction of sp³-hybridized carbons (Fsp3) is 0.444. The maximum atomic E-state index is 12.0. The molecule has 1 saturated heterocycles. The van der Waals surface area contributed by atoms with Crippen LogP contribution < -0.4 is 4.90 Å². The molecule has 1 aromatic heterocycles. The molecule has 2 heterocycles. The fourth-order valence-corrected chi connectivity index (χ4v) is 3.16. The Balaban J connectivity index is 2.15. The van der Waals surface area contributed by atoms with Crippen LogP contribution in [0.25, 0.3) is 11.0 Å². The number of fused-ring (bicyclic) bond motifs is 1. The second-order valence-corrected chi connectivity index (χ2v) is 6.20. The van der Waals surface area contributed by atoms with E-state index >= 15 is 0 Å². The van der Waals surface area contributed by atoms with Crippen molar-refractivity contribution in [2.75, 3.05) is 25.1 Å². The van der Waals surface area contributed by atoms with Crippen molar-refractivity contribution >= 4 is 22.8 Å². The number of hydrogen-bond acceptors (Lipinski definition) is 6. The van der Waals surface area contributed by atoms with Gasteiger partial charge in [-0.15, -0.1) is 0 Å². The van der Waals surface area contributed by atoms with E-state index in [1.165, 1.54) is 13.5 Å². The second-order valence-electron chi connectivity index (χ2n) is 6.20. The van der Waals surface area contributed by atoms with E-state index in [4.69, 9.17) is 9.72 Å². The Bertz CT molecular complexity index is 799. The molecule has 0 N–H and O–H groups in total. The molecule has 1 aliphatic heterocycles. The molecule has 3 rings (SSSR count). The minimum absolute atomic E-state index is 0.386. The summed E-state index contributed by atoms with van der Waals surface area (Å²) in [6.07, 6.45) is 2.23. The van der Waals surface area contributed by atoms with E-state index in [0.29, 0.717) is 22.9 Å². The zero-order chi connectivity index (χ0) is 17.1. The lowest BCUT2D eigenvalue weighted by atomic mass is 9.99. The molecule has 2 atom stereocenters. The first kappa shape index (κ1) is 16.2. The van der Waals surface area contributed by atoms with Crippen LogP contribution in [-0.4, -0.2) is 36.1 Å². The zero-order valence-electron chi connectivity index (χ0n) is 13.9. The molecule has 24 heavy (non-hydrogen) atoms. The maximum absolute atomic E-state index is 12.0. The molecule has 0 spiro atoms. The smallest absolute Gasteiger partial charge is 0.329 e. The van der Waals surface area contributed by atoms with Gasteiger partial charge in [0.25, 0.3) is 0 Å². The minimum Gasteiger partial charge on any atom is -0.468 e. The Kier molecular flexibility index (Phi) is 4.61. The Morgan fingerprint density at radius 2 is 2.08 bits per heavy atom. The number of nitrogens with zero attached hydrogens (tertiary/aromatic N) is 4. The van der Waals surface area contributed by atoms with Crippen molar-refractivity contribution in [3.63, 3.8) is 0 Å². The molecule has 0 saturated carbocycles. The predicted octanol–water partition coefficient (Wildman–Crippen LogP) is 2.65. The SMILES string of the molecule is COC(=O)[C@H](C#N)c1nc2ccccc2nc1N1CCC[C@H](C)C1. The summed E-state index contributed by atoms with van der Waals surface area (Å²) in [6.45, 7) is 3.89. The summed E-state index contributed by atoms with van der Waals surface area (Å²) in [7, 11) is 1.28. The molecule has 0 bridgehead atoms. The van der Waals surface area contributed by atoms with Gasteiger partial charge in [0.2, 0.25) is 0 Å². The third-order valence-corrected chi connectivity index (χ3v) is 4.37. The van der Waals surface area contributed by atoms with Crippen LogP contribution in [0.15, 0.2) is 24.3 Å². The van der Waals surface area contributed by atoms with E-state index in [2.05, 4.69) is 16.8 Å². The number of carbonyl (C=O) groups is 1. The lowest BCUT2D eigenvalue weighted by molar-refractivity contribution is -0.141. The number of piperidine rings is 1. The number of para-hydroxylation sites is 2. The van der Waals surface area contributed by atoms with Crippen molar-refractivity contribution in [2.45, 2.75) is 25.7 Å². The van der Waals surface area contributed by atoms with Gasteiger partial charge in [-0.25, -0.2) is 9.97 Å². The van der Waals surface area contributed by atoms with Crippen LogP contribution >= 0.6 is 0 Å². The maximum Gasteiger partial charge on any atom is 0.329 e.